The molecule has 0 aliphatic carbocycles. The molecule has 3 aromatic rings. The van der Waals surface area contributed by atoms with Crippen LogP contribution < -0.4 is 10.2 Å². The van der Waals surface area contributed by atoms with Crippen molar-refractivity contribution in [1.29, 1.82) is 0 Å². The van der Waals surface area contributed by atoms with Gasteiger partial charge in [0.25, 0.3) is 0 Å². The molecular weight excluding hydrogens is 654 g/mol. The maximum Gasteiger partial charge on any atom is 0.416 e. The Bertz CT molecular complexity index is 1440. The van der Waals surface area contributed by atoms with Gasteiger partial charge in [-0.1, -0.05) is 11.3 Å². The number of aromatic nitrogens is 3. The average Bonchev–Trinajstić information content (AvgIpc) is 3.53. The summed E-state index contributed by atoms with van der Waals surface area (Å²) in [7, 11) is 0. The van der Waals surface area contributed by atoms with E-state index in [4.69, 9.17) is 9.84 Å². The molecule has 2 aliphatic heterocycles. The van der Waals surface area contributed by atoms with Crippen LogP contribution >= 0.6 is 36.2 Å². The number of thiazole rings is 1. The number of hydrogen-bond donors (Lipinski definition) is 2. The first-order chi connectivity index (χ1) is 20.0. The minimum absolute atomic E-state index is 0. The van der Waals surface area contributed by atoms with Crippen molar-refractivity contribution in [3.05, 3.63) is 46.6 Å². The Morgan fingerprint density at radius 2 is 1.84 bits per heavy atom. The summed E-state index contributed by atoms with van der Waals surface area (Å²) in [6, 6.07) is 2.58. The molecule has 2 saturated heterocycles. The van der Waals surface area contributed by atoms with Crippen LogP contribution in [-0.2, 0) is 22.3 Å². The lowest BCUT2D eigenvalue weighted by atomic mass is 10.1. The molecule has 0 radical (unpaired) electrons. The van der Waals surface area contributed by atoms with Crippen molar-refractivity contribution >= 4 is 58.9 Å². The number of halogens is 7. The maximum atomic E-state index is 15.6. The van der Waals surface area contributed by atoms with Crippen LogP contribution in [0.2, 0.25) is 0 Å². The predicted molar refractivity (Wildman–Crippen MR) is 160 cm³/mol. The lowest BCUT2D eigenvalue weighted by Gasteiger charge is -2.32. The molecule has 2 N–H and O–H groups in total. The summed E-state index contributed by atoms with van der Waals surface area (Å²) in [6.45, 7) is 3.64. The summed E-state index contributed by atoms with van der Waals surface area (Å²) >= 11 is 1.14. The van der Waals surface area contributed by atoms with Crippen LogP contribution in [-0.4, -0.2) is 69.3 Å². The van der Waals surface area contributed by atoms with E-state index in [-0.39, 0.29) is 65.0 Å². The quantitative estimate of drug-likeness (QED) is 0.243. The molecule has 0 unspecified atom stereocenters. The van der Waals surface area contributed by atoms with Gasteiger partial charge in [0.2, 0.25) is 5.82 Å². The van der Waals surface area contributed by atoms with E-state index >= 15 is 4.39 Å². The third-order valence-electron chi connectivity index (χ3n) is 7.41. The van der Waals surface area contributed by atoms with Gasteiger partial charge in [-0.05, 0) is 57.4 Å². The van der Waals surface area contributed by atoms with E-state index in [0.717, 1.165) is 42.9 Å². The first-order valence-electron chi connectivity index (χ1n) is 13.5. The molecule has 17 heteroatoms. The van der Waals surface area contributed by atoms with E-state index in [2.05, 4.69) is 32.1 Å². The van der Waals surface area contributed by atoms with Crippen LogP contribution in [0.1, 0.15) is 43.0 Å². The Labute approximate surface area is 266 Å². The van der Waals surface area contributed by atoms with Crippen LogP contribution in [0.25, 0.3) is 11.3 Å². The number of nitrogens with zero attached hydrogens (tertiary/aromatic N) is 5. The number of piperidine rings is 1. The lowest BCUT2D eigenvalue weighted by molar-refractivity contribution is -0.144. The number of carboxylic acid groups (broad SMARTS) is 1. The Hall–Kier alpha value is -2.85. The molecule has 242 valence electrons. The fraction of sp³-hybridized carbons (Fsp3) is 0.481. The third kappa shape index (κ3) is 8.44. The first kappa shape index (κ1) is 35.6. The highest BCUT2D eigenvalue weighted by atomic mass is 35.5. The van der Waals surface area contributed by atoms with Crippen molar-refractivity contribution < 1.29 is 36.6 Å². The molecule has 2 aromatic heterocycles. The van der Waals surface area contributed by atoms with Crippen LogP contribution in [0.5, 0.6) is 0 Å². The highest BCUT2D eigenvalue weighted by molar-refractivity contribution is 7.16. The second-order valence-corrected chi connectivity index (χ2v) is 11.4. The molecule has 44 heavy (non-hydrogen) atoms. The van der Waals surface area contributed by atoms with Gasteiger partial charge < -0.3 is 20.1 Å². The number of aliphatic carboxylic acids is 1. The summed E-state index contributed by atoms with van der Waals surface area (Å²) in [5.74, 6) is -2.95. The topological polar surface area (TPSA) is 104 Å². The van der Waals surface area contributed by atoms with Crippen molar-refractivity contribution in [3.63, 3.8) is 0 Å². The summed E-state index contributed by atoms with van der Waals surface area (Å²) in [5.41, 5.74) is -0.959. The molecule has 9 nitrogen and oxygen atoms in total. The van der Waals surface area contributed by atoms with Gasteiger partial charge in [-0.2, -0.15) is 17.6 Å². The van der Waals surface area contributed by atoms with E-state index in [1.807, 2.05) is 0 Å². The van der Waals surface area contributed by atoms with Crippen molar-refractivity contribution in [2.24, 2.45) is 0 Å². The number of rotatable bonds is 9. The number of alkyl halides is 3. The van der Waals surface area contributed by atoms with Gasteiger partial charge >= 0.3 is 12.1 Å². The monoisotopic (exact) mass is 684 g/mol. The van der Waals surface area contributed by atoms with Crippen LogP contribution in [0.3, 0.4) is 0 Å². The van der Waals surface area contributed by atoms with Gasteiger partial charge in [0.1, 0.15) is 18.8 Å². The molecule has 4 heterocycles. The summed E-state index contributed by atoms with van der Waals surface area (Å²) < 4.78 is 75.7. The average molecular weight is 686 g/mol. The van der Waals surface area contributed by atoms with E-state index in [1.54, 1.807) is 4.90 Å². The fourth-order valence-corrected chi connectivity index (χ4v) is 6.24. The zero-order valence-corrected chi connectivity index (χ0v) is 25.9. The number of carboxylic acids is 1. The van der Waals surface area contributed by atoms with Gasteiger partial charge in [0.05, 0.1) is 17.4 Å². The van der Waals surface area contributed by atoms with Gasteiger partial charge in [0, 0.05) is 36.1 Å². The van der Waals surface area contributed by atoms with Gasteiger partial charge in [-0.3, -0.25) is 4.90 Å². The lowest BCUT2D eigenvalue weighted by Crippen LogP contribution is -2.38. The summed E-state index contributed by atoms with van der Waals surface area (Å²) in [6.07, 6.45) is -0.869. The van der Waals surface area contributed by atoms with Gasteiger partial charge in [-0.25, -0.2) is 24.1 Å². The van der Waals surface area contributed by atoms with Crippen molar-refractivity contribution in [3.8, 4) is 11.3 Å². The van der Waals surface area contributed by atoms with E-state index in [9.17, 15) is 22.4 Å². The molecule has 0 saturated carbocycles. The Kier molecular flexibility index (Phi) is 12.1. The number of anilines is 3. The van der Waals surface area contributed by atoms with Crippen molar-refractivity contribution in [1.82, 2.24) is 19.9 Å². The second-order valence-electron chi connectivity index (χ2n) is 10.4. The highest BCUT2D eigenvalue weighted by Gasteiger charge is 2.33. The standard InChI is InChI=1S/C27H29F5N6O3S.2ClH/c1-15-3-2-6-38(15)12-20-23(16-9-17(27(30,31)32)11-18(28)10-16)35-26(42-20)36-24-22(29)25(34-14-33-24)37-7-4-19(5-8-37)41-13-21(39)40;;/h9-11,14-15,19H,2-8,12-13H2,1H3,(H,39,40)(H,33,34,35,36);2*1H/t15-;;/m1../s1. The molecule has 1 aromatic carbocycles. The molecule has 0 spiro atoms. The first-order valence-corrected chi connectivity index (χ1v) is 14.3. The SMILES string of the molecule is C[C@@H]1CCCN1Cc1sc(Nc2ncnc(N3CCC(OCC(=O)O)CC3)c2F)nc1-c1cc(F)cc(C(F)(F)F)c1.Cl.Cl. The summed E-state index contributed by atoms with van der Waals surface area (Å²) in [4.78, 5) is 27.8. The largest absolute Gasteiger partial charge is 0.480 e. The molecule has 0 bridgehead atoms. The number of carbonyl (C=O) groups is 1. The maximum absolute atomic E-state index is 15.6. The molecule has 1 atom stereocenters. The Morgan fingerprint density at radius 3 is 2.48 bits per heavy atom. The number of nitrogens with one attached hydrogen (secondary N) is 1. The molecule has 2 aliphatic rings. The van der Waals surface area contributed by atoms with Gasteiger partial charge in [0.15, 0.2) is 16.8 Å². The minimum atomic E-state index is -4.74. The van der Waals surface area contributed by atoms with Crippen LogP contribution in [0, 0.1) is 11.6 Å². The predicted octanol–water partition coefficient (Wildman–Crippen LogP) is 6.54. The van der Waals surface area contributed by atoms with E-state index < -0.39 is 36.0 Å². The van der Waals surface area contributed by atoms with E-state index in [0.29, 0.717) is 43.4 Å². The number of hydrogen-bond acceptors (Lipinski definition) is 9. The fourth-order valence-electron chi connectivity index (χ4n) is 5.23. The zero-order chi connectivity index (χ0) is 30.0. The van der Waals surface area contributed by atoms with Gasteiger partial charge in [-0.15, -0.1) is 24.8 Å². The molecule has 0 amide bonds. The molecule has 2 fully saturated rings. The molecule has 5 rings (SSSR count). The van der Waals surface area contributed by atoms with Crippen LogP contribution in [0.4, 0.5) is 38.7 Å². The summed E-state index contributed by atoms with van der Waals surface area (Å²) in [5, 5.41) is 11.8. The smallest absolute Gasteiger partial charge is 0.416 e. The Balaban J connectivity index is 0.00000264. The normalized spacial score (nSPS) is 17.7. The van der Waals surface area contributed by atoms with E-state index in [1.165, 1.54) is 6.33 Å². The third-order valence-corrected chi connectivity index (χ3v) is 8.37. The number of ether oxygens (including phenoxy) is 1. The Morgan fingerprint density at radius 1 is 1.11 bits per heavy atom. The van der Waals surface area contributed by atoms with Crippen LogP contribution in [0.15, 0.2) is 24.5 Å². The van der Waals surface area contributed by atoms with Crippen molar-refractivity contribution in [2.45, 2.75) is 57.5 Å². The van der Waals surface area contributed by atoms with Crippen molar-refractivity contribution in [2.75, 3.05) is 36.5 Å². The zero-order valence-electron chi connectivity index (χ0n) is 23.4. The number of benzene rings is 1. The minimum Gasteiger partial charge on any atom is -0.480 e. The highest BCUT2D eigenvalue weighted by Crippen LogP contribution is 2.39. The number of likely N-dealkylation sites (tertiary alicyclic amines) is 1. The second kappa shape index (κ2) is 15.0. The molecular formula is C27H31Cl2F5N6O3S.